The predicted molar refractivity (Wildman–Crippen MR) is 88.0 cm³/mol. The Kier molecular flexibility index (Phi) is 5.81. The molecule has 0 atom stereocenters. The monoisotopic (exact) mass is 303 g/mol. The molecule has 1 aliphatic rings. The van der Waals surface area contributed by atoms with Gasteiger partial charge in [-0.3, -0.25) is 9.59 Å². The van der Waals surface area contributed by atoms with E-state index in [4.69, 9.17) is 0 Å². The number of amides is 2. The Morgan fingerprint density at radius 1 is 1.18 bits per heavy atom. The van der Waals surface area contributed by atoms with Crippen molar-refractivity contribution in [2.45, 2.75) is 32.6 Å². The van der Waals surface area contributed by atoms with Crippen LogP contribution >= 0.6 is 0 Å². The van der Waals surface area contributed by atoms with E-state index in [0.717, 1.165) is 25.8 Å². The van der Waals surface area contributed by atoms with E-state index in [0.29, 0.717) is 13.1 Å². The first-order valence-corrected chi connectivity index (χ1v) is 8.00. The Labute approximate surface area is 132 Å². The maximum atomic E-state index is 11.6. The molecule has 22 heavy (non-hydrogen) atoms. The smallest absolute Gasteiger partial charge is 0.309 e. The molecule has 0 radical (unpaired) electrons. The number of carbonyl (C=O) groups is 2. The highest BCUT2D eigenvalue weighted by Gasteiger charge is 2.14. The van der Waals surface area contributed by atoms with Crippen LogP contribution in [0.4, 0.5) is 5.69 Å². The highest BCUT2D eigenvalue weighted by molar-refractivity contribution is 6.35. The van der Waals surface area contributed by atoms with E-state index >= 15 is 0 Å². The molecular formula is C17H25N3O2. The third kappa shape index (κ3) is 4.23. The molecule has 1 aromatic carbocycles. The summed E-state index contributed by atoms with van der Waals surface area (Å²) in [7, 11) is 2.12. The SMILES string of the molecule is CCCNC(=O)C(=O)NCCc1ccc2c(c1)CCCN2C. The predicted octanol–water partition coefficient (Wildman–Crippen LogP) is 1.25. The van der Waals surface area contributed by atoms with Crippen molar-refractivity contribution in [2.75, 3.05) is 31.6 Å². The minimum atomic E-state index is -0.550. The molecule has 0 fully saturated rings. The van der Waals surface area contributed by atoms with Crippen LogP contribution in [0.3, 0.4) is 0 Å². The van der Waals surface area contributed by atoms with Crippen LogP contribution in [0.1, 0.15) is 30.9 Å². The third-order valence-electron chi connectivity index (χ3n) is 3.94. The average molecular weight is 303 g/mol. The van der Waals surface area contributed by atoms with E-state index in [2.05, 4.69) is 40.8 Å². The molecule has 0 aromatic heterocycles. The van der Waals surface area contributed by atoms with E-state index in [-0.39, 0.29) is 0 Å². The zero-order valence-corrected chi connectivity index (χ0v) is 13.4. The van der Waals surface area contributed by atoms with Gasteiger partial charge in [0.25, 0.3) is 0 Å². The summed E-state index contributed by atoms with van der Waals surface area (Å²) in [5.74, 6) is -1.10. The van der Waals surface area contributed by atoms with Crippen molar-refractivity contribution in [3.05, 3.63) is 29.3 Å². The molecule has 2 rings (SSSR count). The first-order valence-electron chi connectivity index (χ1n) is 8.00. The fourth-order valence-electron chi connectivity index (χ4n) is 2.71. The van der Waals surface area contributed by atoms with Crippen LogP contribution in [-0.2, 0) is 22.4 Å². The summed E-state index contributed by atoms with van der Waals surface area (Å²) in [6.07, 6.45) is 3.85. The third-order valence-corrected chi connectivity index (χ3v) is 3.94. The Bertz CT molecular complexity index is 543. The van der Waals surface area contributed by atoms with Crippen molar-refractivity contribution in [3.63, 3.8) is 0 Å². The molecule has 0 saturated carbocycles. The molecule has 5 nitrogen and oxygen atoms in total. The van der Waals surface area contributed by atoms with E-state index < -0.39 is 11.8 Å². The number of hydrogen-bond donors (Lipinski definition) is 2. The molecular weight excluding hydrogens is 278 g/mol. The van der Waals surface area contributed by atoms with Crippen LogP contribution in [-0.4, -0.2) is 38.5 Å². The van der Waals surface area contributed by atoms with E-state index in [1.165, 1.54) is 23.2 Å². The minimum absolute atomic E-state index is 0.479. The van der Waals surface area contributed by atoms with Gasteiger partial charge in [0.1, 0.15) is 0 Å². The number of aryl methyl sites for hydroxylation is 1. The van der Waals surface area contributed by atoms with Crippen molar-refractivity contribution < 1.29 is 9.59 Å². The second-order valence-corrected chi connectivity index (χ2v) is 5.75. The van der Waals surface area contributed by atoms with Gasteiger partial charge in [0.15, 0.2) is 0 Å². The number of hydrogen-bond acceptors (Lipinski definition) is 3. The topological polar surface area (TPSA) is 61.4 Å². The summed E-state index contributed by atoms with van der Waals surface area (Å²) >= 11 is 0. The van der Waals surface area contributed by atoms with E-state index in [9.17, 15) is 9.59 Å². The second kappa shape index (κ2) is 7.82. The molecule has 0 unspecified atom stereocenters. The highest BCUT2D eigenvalue weighted by atomic mass is 16.2. The number of fused-ring (bicyclic) bond motifs is 1. The zero-order chi connectivity index (χ0) is 15.9. The Hall–Kier alpha value is -2.04. The molecule has 2 amide bonds. The van der Waals surface area contributed by atoms with Gasteiger partial charge in [-0.05, 0) is 42.9 Å². The van der Waals surface area contributed by atoms with Gasteiger partial charge in [-0.25, -0.2) is 0 Å². The van der Waals surface area contributed by atoms with Crippen LogP contribution in [0.5, 0.6) is 0 Å². The normalized spacial score (nSPS) is 13.5. The largest absolute Gasteiger partial charge is 0.374 e. The summed E-state index contributed by atoms with van der Waals surface area (Å²) in [5, 5.41) is 5.24. The Morgan fingerprint density at radius 2 is 1.91 bits per heavy atom. The van der Waals surface area contributed by atoms with Gasteiger partial charge in [0.2, 0.25) is 0 Å². The standard InChI is InChI=1S/C17H25N3O2/c1-3-9-18-16(21)17(22)19-10-8-13-6-7-15-14(12-13)5-4-11-20(15)2/h6-7,12H,3-5,8-11H2,1-2H3,(H,18,21)(H,19,22). The number of rotatable bonds is 5. The van der Waals surface area contributed by atoms with Gasteiger partial charge in [-0.15, -0.1) is 0 Å². The first-order chi connectivity index (χ1) is 10.6. The van der Waals surface area contributed by atoms with Gasteiger partial charge in [-0.2, -0.15) is 0 Å². The maximum absolute atomic E-state index is 11.6. The molecule has 1 aliphatic heterocycles. The summed E-state index contributed by atoms with van der Waals surface area (Å²) < 4.78 is 0. The lowest BCUT2D eigenvalue weighted by Gasteiger charge is -2.27. The lowest BCUT2D eigenvalue weighted by atomic mass is 9.98. The average Bonchev–Trinajstić information content (AvgIpc) is 2.52. The van der Waals surface area contributed by atoms with Gasteiger partial charge in [-0.1, -0.05) is 19.1 Å². The van der Waals surface area contributed by atoms with Gasteiger partial charge < -0.3 is 15.5 Å². The molecule has 1 heterocycles. The fourth-order valence-corrected chi connectivity index (χ4v) is 2.71. The molecule has 0 saturated heterocycles. The molecule has 120 valence electrons. The van der Waals surface area contributed by atoms with Crippen LogP contribution in [0.15, 0.2) is 18.2 Å². The molecule has 0 bridgehead atoms. The lowest BCUT2D eigenvalue weighted by Crippen LogP contribution is -2.40. The number of nitrogens with zero attached hydrogens (tertiary/aromatic N) is 1. The highest BCUT2D eigenvalue weighted by Crippen LogP contribution is 2.26. The lowest BCUT2D eigenvalue weighted by molar-refractivity contribution is -0.139. The van der Waals surface area contributed by atoms with Crippen LogP contribution in [0, 0.1) is 0 Å². The number of carbonyl (C=O) groups excluding carboxylic acids is 2. The van der Waals surface area contributed by atoms with Crippen LogP contribution in [0.2, 0.25) is 0 Å². The van der Waals surface area contributed by atoms with Gasteiger partial charge in [0, 0.05) is 32.4 Å². The zero-order valence-electron chi connectivity index (χ0n) is 13.4. The minimum Gasteiger partial charge on any atom is -0.374 e. The molecule has 0 aliphatic carbocycles. The van der Waals surface area contributed by atoms with Crippen molar-refractivity contribution in [3.8, 4) is 0 Å². The summed E-state index contributed by atoms with van der Waals surface area (Å²) in [6, 6.07) is 6.47. The maximum Gasteiger partial charge on any atom is 0.309 e. The molecule has 5 heteroatoms. The van der Waals surface area contributed by atoms with Crippen LogP contribution in [0.25, 0.3) is 0 Å². The number of anilines is 1. The van der Waals surface area contributed by atoms with Crippen molar-refractivity contribution >= 4 is 17.5 Å². The van der Waals surface area contributed by atoms with E-state index in [1.54, 1.807) is 0 Å². The Morgan fingerprint density at radius 3 is 2.64 bits per heavy atom. The van der Waals surface area contributed by atoms with Crippen molar-refractivity contribution in [1.82, 2.24) is 10.6 Å². The molecule has 1 aromatic rings. The molecule has 2 N–H and O–H groups in total. The number of nitrogens with one attached hydrogen (secondary N) is 2. The quantitative estimate of drug-likeness (QED) is 0.805. The summed E-state index contributed by atoms with van der Waals surface area (Å²) in [5.41, 5.74) is 3.87. The second-order valence-electron chi connectivity index (χ2n) is 5.75. The number of benzene rings is 1. The first kappa shape index (κ1) is 16.3. The summed E-state index contributed by atoms with van der Waals surface area (Å²) in [6.45, 7) is 4.07. The van der Waals surface area contributed by atoms with Gasteiger partial charge in [0.05, 0.1) is 0 Å². The fraction of sp³-hybridized carbons (Fsp3) is 0.529. The van der Waals surface area contributed by atoms with Crippen molar-refractivity contribution in [1.29, 1.82) is 0 Å². The van der Waals surface area contributed by atoms with Crippen molar-refractivity contribution in [2.24, 2.45) is 0 Å². The Balaban J connectivity index is 1.82. The van der Waals surface area contributed by atoms with Gasteiger partial charge >= 0.3 is 11.8 Å². The summed E-state index contributed by atoms with van der Waals surface area (Å²) in [4.78, 5) is 25.3. The van der Waals surface area contributed by atoms with E-state index in [1.807, 2.05) is 6.92 Å². The van der Waals surface area contributed by atoms with Crippen LogP contribution < -0.4 is 15.5 Å². The molecule has 0 spiro atoms.